The van der Waals surface area contributed by atoms with Crippen LogP contribution in [0.25, 0.3) is 6.08 Å². The second kappa shape index (κ2) is 8.07. The highest BCUT2D eigenvalue weighted by atomic mass is 32.2. The van der Waals surface area contributed by atoms with Crippen LogP contribution in [-0.2, 0) is 14.3 Å². The second-order valence-electron chi connectivity index (χ2n) is 4.88. The van der Waals surface area contributed by atoms with E-state index in [9.17, 15) is 19.5 Å². The molecule has 24 heavy (non-hydrogen) atoms. The van der Waals surface area contributed by atoms with E-state index in [1.807, 2.05) is 6.92 Å². The van der Waals surface area contributed by atoms with E-state index in [0.717, 1.165) is 16.7 Å². The number of hydrogen-bond acceptors (Lipinski definition) is 6. The highest BCUT2D eigenvalue weighted by molar-refractivity contribution is 8.26. The molecule has 0 saturated carbocycles. The maximum atomic E-state index is 12.4. The summed E-state index contributed by atoms with van der Waals surface area (Å²) in [4.78, 5) is 36.7. The summed E-state index contributed by atoms with van der Waals surface area (Å²) in [6, 6.07) is 6.35. The van der Waals surface area contributed by atoms with E-state index >= 15 is 0 Å². The largest absolute Gasteiger partial charge is 0.478 e. The van der Waals surface area contributed by atoms with Gasteiger partial charge in [-0.15, -0.1) is 0 Å². The Hall–Kier alpha value is -2.19. The predicted molar refractivity (Wildman–Crippen MR) is 94.5 cm³/mol. The lowest BCUT2D eigenvalue weighted by Gasteiger charge is -2.13. The molecule has 1 aromatic carbocycles. The van der Waals surface area contributed by atoms with Crippen molar-refractivity contribution in [3.63, 3.8) is 0 Å². The Morgan fingerprint density at radius 2 is 2.08 bits per heavy atom. The maximum Gasteiger partial charge on any atom is 0.336 e. The second-order valence-corrected chi connectivity index (χ2v) is 6.56. The fourth-order valence-electron chi connectivity index (χ4n) is 1.99. The van der Waals surface area contributed by atoms with Crippen LogP contribution >= 0.6 is 24.0 Å². The maximum absolute atomic E-state index is 12.4. The van der Waals surface area contributed by atoms with Crippen LogP contribution in [0.2, 0.25) is 0 Å². The number of thioether (sulfide) groups is 1. The smallest absolute Gasteiger partial charge is 0.336 e. The van der Waals surface area contributed by atoms with Gasteiger partial charge >= 0.3 is 11.9 Å². The lowest BCUT2D eigenvalue weighted by molar-refractivity contribution is -0.146. The molecule has 1 saturated heterocycles. The van der Waals surface area contributed by atoms with Crippen LogP contribution in [-0.4, -0.2) is 45.3 Å². The summed E-state index contributed by atoms with van der Waals surface area (Å²) in [5, 5.41) is 9.19. The third-order valence-electron chi connectivity index (χ3n) is 3.11. The number of carboxylic acid groups (broad SMARTS) is 1. The van der Waals surface area contributed by atoms with Crippen molar-refractivity contribution in [2.75, 3.05) is 13.2 Å². The van der Waals surface area contributed by atoms with Crippen LogP contribution < -0.4 is 0 Å². The van der Waals surface area contributed by atoms with E-state index in [4.69, 9.17) is 17.0 Å². The molecule has 0 radical (unpaired) electrons. The number of carbonyl (C=O) groups is 3. The number of carboxylic acids is 1. The Kier molecular flexibility index (Phi) is 6.10. The molecule has 1 aliphatic heterocycles. The number of esters is 1. The minimum atomic E-state index is -1.08. The van der Waals surface area contributed by atoms with Gasteiger partial charge in [0.2, 0.25) is 0 Å². The molecule has 0 aromatic heterocycles. The van der Waals surface area contributed by atoms with Crippen LogP contribution in [0.4, 0.5) is 0 Å². The van der Waals surface area contributed by atoms with Crippen LogP contribution in [0.3, 0.4) is 0 Å². The normalized spacial score (nSPS) is 15.9. The van der Waals surface area contributed by atoms with E-state index < -0.39 is 17.8 Å². The number of benzene rings is 1. The zero-order valence-electron chi connectivity index (χ0n) is 12.9. The average molecular weight is 365 g/mol. The van der Waals surface area contributed by atoms with Gasteiger partial charge in [0, 0.05) is 0 Å². The van der Waals surface area contributed by atoms with Gasteiger partial charge in [0.15, 0.2) is 0 Å². The van der Waals surface area contributed by atoms with E-state index in [1.165, 1.54) is 12.1 Å². The molecular weight excluding hydrogens is 350 g/mol. The predicted octanol–water partition coefficient (Wildman–Crippen LogP) is 2.54. The molecule has 126 valence electrons. The Bertz CT molecular complexity index is 729. The first-order valence-electron chi connectivity index (χ1n) is 7.17. The molecule has 0 spiro atoms. The summed E-state index contributed by atoms with van der Waals surface area (Å²) in [5.74, 6) is -2.04. The number of aromatic carboxylic acids is 1. The number of rotatable bonds is 6. The fraction of sp³-hybridized carbons (Fsp3) is 0.250. The first-order chi connectivity index (χ1) is 11.4. The summed E-state index contributed by atoms with van der Waals surface area (Å²) in [7, 11) is 0. The quantitative estimate of drug-likeness (QED) is 0.471. The molecule has 1 amide bonds. The Morgan fingerprint density at radius 1 is 1.38 bits per heavy atom. The number of carbonyl (C=O) groups excluding carboxylic acids is 2. The van der Waals surface area contributed by atoms with Gasteiger partial charge in [-0.3, -0.25) is 14.5 Å². The third kappa shape index (κ3) is 4.21. The molecule has 2 rings (SSSR count). The number of hydrogen-bond donors (Lipinski definition) is 1. The Balaban J connectivity index is 2.19. The number of thiocarbonyl (C=S) groups is 1. The van der Waals surface area contributed by atoms with Gasteiger partial charge in [0.1, 0.15) is 10.9 Å². The van der Waals surface area contributed by atoms with Gasteiger partial charge in [0.05, 0.1) is 17.1 Å². The summed E-state index contributed by atoms with van der Waals surface area (Å²) in [5.41, 5.74) is 0.490. The molecule has 0 unspecified atom stereocenters. The lowest BCUT2D eigenvalue weighted by atomic mass is 10.1. The highest BCUT2D eigenvalue weighted by Gasteiger charge is 2.34. The monoisotopic (exact) mass is 365 g/mol. The van der Waals surface area contributed by atoms with Crippen molar-refractivity contribution in [3.05, 3.63) is 40.3 Å². The van der Waals surface area contributed by atoms with Crippen molar-refractivity contribution in [2.24, 2.45) is 0 Å². The van der Waals surface area contributed by atoms with Crippen molar-refractivity contribution < 1.29 is 24.2 Å². The molecule has 0 atom stereocenters. The summed E-state index contributed by atoms with van der Waals surface area (Å²) < 4.78 is 5.20. The number of amides is 1. The third-order valence-corrected chi connectivity index (χ3v) is 4.48. The van der Waals surface area contributed by atoms with E-state index in [-0.39, 0.29) is 27.9 Å². The van der Waals surface area contributed by atoms with E-state index in [0.29, 0.717) is 12.0 Å². The van der Waals surface area contributed by atoms with Gasteiger partial charge < -0.3 is 9.84 Å². The van der Waals surface area contributed by atoms with Crippen LogP contribution in [0, 0.1) is 0 Å². The molecule has 0 bridgehead atoms. The van der Waals surface area contributed by atoms with Gasteiger partial charge in [0.25, 0.3) is 5.91 Å². The topological polar surface area (TPSA) is 83.9 Å². The zero-order chi connectivity index (χ0) is 17.7. The van der Waals surface area contributed by atoms with Crippen LogP contribution in [0.1, 0.15) is 29.3 Å². The van der Waals surface area contributed by atoms with Crippen molar-refractivity contribution in [1.29, 1.82) is 0 Å². The van der Waals surface area contributed by atoms with Crippen molar-refractivity contribution in [3.8, 4) is 0 Å². The van der Waals surface area contributed by atoms with Crippen molar-refractivity contribution in [1.82, 2.24) is 4.90 Å². The molecule has 1 N–H and O–H groups in total. The summed E-state index contributed by atoms with van der Waals surface area (Å²) in [6.07, 6.45) is 2.16. The molecule has 1 aliphatic rings. The van der Waals surface area contributed by atoms with Crippen molar-refractivity contribution >= 4 is 52.2 Å². The Morgan fingerprint density at radius 3 is 2.75 bits per heavy atom. The molecule has 8 heteroatoms. The molecule has 1 heterocycles. The van der Waals surface area contributed by atoms with Gasteiger partial charge in [-0.2, -0.15) is 0 Å². The van der Waals surface area contributed by atoms with Crippen LogP contribution in [0.5, 0.6) is 0 Å². The minimum Gasteiger partial charge on any atom is -0.478 e. The minimum absolute atomic E-state index is 0.0881. The lowest BCUT2D eigenvalue weighted by Crippen LogP contribution is -2.34. The van der Waals surface area contributed by atoms with E-state index in [2.05, 4.69) is 0 Å². The molecule has 1 aromatic rings. The zero-order valence-corrected chi connectivity index (χ0v) is 14.5. The average Bonchev–Trinajstić information content (AvgIpc) is 2.81. The van der Waals surface area contributed by atoms with Crippen LogP contribution in [0.15, 0.2) is 29.2 Å². The molecule has 6 nitrogen and oxygen atoms in total. The van der Waals surface area contributed by atoms with E-state index in [1.54, 1.807) is 18.2 Å². The summed E-state index contributed by atoms with van der Waals surface area (Å²) in [6.45, 7) is 1.91. The van der Waals surface area contributed by atoms with Gasteiger partial charge in [-0.25, -0.2) is 4.79 Å². The van der Waals surface area contributed by atoms with Gasteiger partial charge in [-0.05, 0) is 24.1 Å². The molecule has 0 aliphatic carbocycles. The fourth-order valence-corrected chi connectivity index (χ4v) is 3.23. The first-order valence-corrected chi connectivity index (χ1v) is 8.39. The SMILES string of the molecule is CCCOC(=O)CN1C(=O)C(=Cc2ccccc2C(=O)O)SC1=S. The summed E-state index contributed by atoms with van der Waals surface area (Å²) >= 11 is 6.16. The van der Waals surface area contributed by atoms with Gasteiger partial charge in [-0.1, -0.05) is 49.1 Å². The molecular formula is C16H15NO5S2. The number of ether oxygens (including phenoxy) is 1. The standard InChI is InChI=1S/C16H15NO5S2/c1-2-7-22-13(18)9-17-14(19)12(24-16(17)23)8-10-5-3-4-6-11(10)15(20)21/h3-6,8H,2,7,9H2,1H3,(H,20,21). The number of nitrogens with zero attached hydrogens (tertiary/aromatic N) is 1. The first kappa shape index (κ1) is 18.2. The molecule has 1 fully saturated rings. The Labute approximate surface area is 148 Å². The highest BCUT2D eigenvalue weighted by Crippen LogP contribution is 2.32. The van der Waals surface area contributed by atoms with Crippen molar-refractivity contribution in [2.45, 2.75) is 13.3 Å².